The fraction of sp³-hybridized carbons (Fsp3) is 0.273. The van der Waals surface area contributed by atoms with Crippen LogP contribution in [-0.4, -0.2) is 10.1 Å². The molecule has 5 heteroatoms. The van der Waals surface area contributed by atoms with Crippen molar-refractivity contribution in [3.05, 3.63) is 46.5 Å². The average molecular weight is 282 g/mol. The summed E-state index contributed by atoms with van der Waals surface area (Å²) in [4.78, 5) is 3.99. The van der Waals surface area contributed by atoms with Crippen LogP contribution in [0, 0.1) is 0 Å². The maximum absolute atomic E-state index is 6.16. The van der Waals surface area contributed by atoms with Crippen molar-refractivity contribution in [2.75, 3.05) is 0 Å². The van der Waals surface area contributed by atoms with Gasteiger partial charge in [0.15, 0.2) is 5.82 Å². The van der Waals surface area contributed by atoms with Gasteiger partial charge in [0.05, 0.1) is 5.54 Å². The van der Waals surface area contributed by atoms with Crippen LogP contribution < -0.4 is 5.73 Å². The Morgan fingerprint density at radius 3 is 2.62 bits per heavy atom. The van der Waals surface area contributed by atoms with Gasteiger partial charge in [0, 0.05) is 4.47 Å². The zero-order chi connectivity index (χ0) is 11.6. The minimum atomic E-state index is -0.610. The molecule has 0 spiro atoms. The summed E-state index contributed by atoms with van der Waals surface area (Å²) in [6.45, 7) is 1.89. The highest BCUT2D eigenvalue weighted by molar-refractivity contribution is 9.10. The number of halogens is 1. The number of nitrogens with two attached hydrogens (primary N) is 1. The standard InChI is InChI=1S/C11H12BrN3O/c1-11(13,10-14-7-16-15-10)6-8-2-4-9(12)5-3-8/h2-5,7H,6,13H2,1H3. The van der Waals surface area contributed by atoms with Crippen molar-refractivity contribution in [1.29, 1.82) is 0 Å². The average Bonchev–Trinajstić information content (AvgIpc) is 2.75. The van der Waals surface area contributed by atoms with E-state index in [1.807, 2.05) is 31.2 Å². The normalized spacial score (nSPS) is 14.7. The second kappa shape index (κ2) is 4.35. The molecule has 0 aliphatic rings. The number of rotatable bonds is 3. The van der Waals surface area contributed by atoms with Crippen molar-refractivity contribution < 1.29 is 4.52 Å². The lowest BCUT2D eigenvalue weighted by Crippen LogP contribution is -2.36. The van der Waals surface area contributed by atoms with E-state index in [1.165, 1.54) is 6.39 Å². The van der Waals surface area contributed by atoms with Gasteiger partial charge in [0.2, 0.25) is 6.39 Å². The lowest BCUT2D eigenvalue weighted by atomic mass is 9.93. The topological polar surface area (TPSA) is 64.9 Å². The summed E-state index contributed by atoms with van der Waals surface area (Å²) >= 11 is 3.39. The van der Waals surface area contributed by atoms with Crippen molar-refractivity contribution in [1.82, 2.24) is 10.1 Å². The molecular formula is C11H12BrN3O. The smallest absolute Gasteiger partial charge is 0.213 e. The van der Waals surface area contributed by atoms with Crippen molar-refractivity contribution >= 4 is 15.9 Å². The van der Waals surface area contributed by atoms with Crippen LogP contribution in [0.1, 0.15) is 18.3 Å². The molecule has 0 saturated heterocycles. The van der Waals surface area contributed by atoms with Gasteiger partial charge in [-0.1, -0.05) is 33.2 Å². The molecule has 1 aromatic heterocycles. The molecular weight excluding hydrogens is 270 g/mol. The van der Waals surface area contributed by atoms with Gasteiger partial charge in [-0.3, -0.25) is 0 Å². The number of aromatic nitrogens is 2. The Balaban J connectivity index is 2.18. The van der Waals surface area contributed by atoms with Crippen LogP contribution in [0.4, 0.5) is 0 Å². The Labute approximate surface area is 102 Å². The lowest BCUT2D eigenvalue weighted by Gasteiger charge is -2.20. The van der Waals surface area contributed by atoms with Crippen LogP contribution >= 0.6 is 15.9 Å². The van der Waals surface area contributed by atoms with Gasteiger partial charge in [0.1, 0.15) is 0 Å². The fourth-order valence-electron chi connectivity index (χ4n) is 1.53. The predicted octanol–water partition coefficient (Wildman–Crippen LogP) is 2.25. The van der Waals surface area contributed by atoms with E-state index in [9.17, 15) is 0 Å². The third-order valence-corrected chi connectivity index (χ3v) is 2.89. The molecule has 4 nitrogen and oxygen atoms in total. The SMILES string of the molecule is CC(N)(Cc1ccc(Br)cc1)c1ncon1. The summed E-state index contributed by atoms with van der Waals surface area (Å²) in [6, 6.07) is 8.02. The summed E-state index contributed by atoms with van der Waals surface area (Å²) in [6.07, 6.45) is 1.96. The maximum Gasteiger partial charge on any atom is 0.213 e. The maximum atomic E-state index is 6.16. The highest BCUT2D eigenvalue weighted by Gasteiger charge is 2.26. The third-order valence-electron chi connectivity index (χ3n) is 2.36. The Morgan fingerprint density at radius 2 is 2.06 bits per heavy atom. The molecule has 1 unspecified atom stereocenters. The molecule has 0 bridgehead atoms. The second-order valence-electron chi connectivity index (χ2n) is 3.98. The highest BCUT2D eigenvalue weighted by atomic mass is 79.9. The minimum absolute atomic E-state index is 0.524. The van der Waals surface area contributed by atoms with E-state index in [4.69, 9.17) is 10.3 Å². The molecule has 0 aliphatic carbocycles. The molecule has 1 atom stereocenters. The predicted molar refractivity (Wildman–Crippen MR) is 63.7 cm³/mol. The number of hydrogen-bond acceptors (Lipinski definition) is 4. The van der Waals surface area contributed by atoms with Crippen molar-refractivity contribution in [2.45, 2.75) is 18.9 Å². The van der Waals surface area contributed by atoms with Gasteiger partial charge in [-0.25, -0.2) is 0 Å². The molecule has 0 fully saturated rings. The van der Waals surface area contributed by atoms with Gasteiger partial charge in [-0.15, -0.1) is 0 Å². The van der Waals surface area contributed by atoms with E-state index in [0.717, 1.165) is 10.0 Å². The first-order valence-electron chi connectivity index (χ1n) is 4.88. The van der Waals surface area contributed by atoms with Crippen molar-refractivity contribution in [2.24, 2.45) is 5.73 Å². The van der Waals surface area contributed by atoms with Crippen molar-refractivity contribution in [3.63, 3.8) is 0 Å². The first-order valence-corrected chi connectivity index (χ1v) is 5.67. The quantitative estimate of drug-likeness (QED) is 0.937. The zero-order valence-electron chi connectivity index (χ0n) is 8.85. The molecule has 16 heavy (non-hydrogen) atoms. The molecule has 0 amide bonds. The van der Waals surface area contributed by atoms with Crippen LogP contribution in [0.5, 0.6) is 0 Å². The summed E-state index contributed by atoms with van der Waals surface area (Å²) < 4.78 is 5.76. The molecule has 0 radical (unpaired) electrons. The number of hydrogen-bond donors (Lipinski definition) is 1. The number of benzene rings is 1. The highest BCUT2D eigenvalue weighted by Crippen LogP contribution is 2.20. The molecule has 1 heterocycles. The largest absolute Gasteiger partial charge is 0.343 e. The lowest BCUT2D eigenvalue weighted by molar-refractivity contribution is 0.376. The summed E-state index contributed by atoms with van der Waals surface area (Å²) in [5.74, 6) is 0.524. The van der Waals surface area contributed by atoms with Gasteiger partial charge in [-0.05, 0) is 31.0 Å². The second-order valence-corrected chi connectivity index (χ2v) is 4.89. The Bertz CT molecular complexity index is 451. The minimum Gasteiger partial charge on any atom is -0.343 e. The van der Waals surface area contributed by atoms with Gasteiger partial charge < -0.3 is 10.3 Å². The molecule has 84 valence electrons. The Morgan fingerprint density at radius 1 is 1.38 bits per heavy atom. The number of nitrogens with zero attached hydrogens (tertiary/aromatic N) is 2. The Kier molecular flexibility index (Phi) is 3.07. The van der Waals surface area contributed by atoms with Gasteiger partial charge >= 0.3 is 0 Å². The van der Waals surface area contributed by atoms with Gasteiger partial charge in [-0.2, -0.15) is 4.98 Å². The van der Waals surface area contributed by atoms with Crippen LogP contribution in [-0.2, 0) is 12.0 Å². The monoisotopic (exact) mass is 281 g/mol. The van der Waals surface area contributed by atoms with E-state index >= 15 is 0 Å². The fourth-order valence-corrected chi connectivity index (χ4v) is 1.79. The van der Waals surface area contributed by atoms with Crippen LogP contribution in [0.15, 0.2) is 39.7 Å². The van der Waals surface area contributed by atoms with E-state index in [1.54, 1.807) is 0 Å². The summed E-state index contributed by atoms with van der Waals surface area (Å²) in [7, 11) is 0. The van der Waals surface area contributed by atoms with E-state index < -0.39 is 5.54 Å². The first-order chi connectivity index (χ1) is 7.58. The van der Waals surface area contributed by atoms with E-state index in [2.05, 4.69) is 26.1 Å². The Hall–Kier alpha value is -1.20. The first kappa shape index (κ1) is 11.3. The summed E-state index contributed by atoms with van der Waals surface area (Å²) in [5, 5.41) is 3.78. The van der Waals surface area contributed by atoms with Crippen LogP contribution in [0.3, 0.4) is 0 Å². The van der Waals surface area contributed by atoms with E-state index in [-0.39, 0.29) is 0 Å². The van der Waals surface area contributed by atoms with Crippen LogP contribution in [0.2, 0.25) is 0 Å². The summed E-state index contributed by atoms with van der Waals surface area (Å²) in [5.41, 5.74) is 6.68. The molecule has 2 N–H and O–H groups in total. The zero-order valence-corrected chi connectivity index (χ0v) is 10.4. The third kappa shape index (κ3) is 2.48. The molecule has 0 saturated carbocycles. The molecule has 2 aromatic rings. The molecule has 0 aliphatic heterocycles. The van der Waals surface area contributed by atoms with Crippen molar-refractivity contribution in [3.8, 4) is 0 Å². The molecule has 1 aromatic carbocycles. The molecule has 2 rings (SSSR count). The van der Waals surface area contributed by atoms with Crippen LogP contribution in [0.25, 0.3) is 0 Å². The van der Waals surface area contributed by atoms with Gasteiger partial charge in [0.25, 0.3) is 0 Å². The van der Waals surface area contributed by atoms with E-state index in [0.29, 0.717) is 12.2 Å².